The molecule has 1 saturated heterocycles. The Balaban J connectivity index is 1.72. The Hall–Kier alpha value is -0.780. The molecule has 6 heteroatoms. The van der Waals surface area contributed by atoms with Crippen LogP contribution in [0.4, 0.5) is 13.2 Å². The SMILES string of the molecule is O=C(CCC1CCCNC1)NC1(C(F)(F)F)CC1. The Morgan fingerprint density at radius 1 is 1.39 bits per heavy atom. The molecule has 0 bridgehead atoms. The second kappa shape index (κ2) is 5.07. The van der Waals surface area contributed by atoms with Gasteiger partial charge in [0.15, 0.2) is 0 Å². The number of rotatable bonds is 4. The molecule has 1 aliphatic carbocycles. The molecule has 2 fully saturated rings. The average molecular weight is 264 g/mol. The maximum absolute atomic E-state index is 12.6. The zero-order valence-electron chi connectivity index (χ0n) is 10.3. The van der Waals surface area contributed by atoms with E-state index in [1.165, 1.54) is 0 Å². The zero-order chi connectivity index (χ0) is 13.2. The summed E-state index contributed by atoms with van der Waals surface area (Å²) in [5, 5.41) is 5.39. The Morgan fingerprint density at radius 3 is 2.61 bits per heavy atom. The van der Waals surface area contributed by atoms with Crippen LogP contribution in [-0.4, -0.2) is 30.7 Å². The Kier molecular flexibility index (Phi) is 3.84. The van der Waals surface area contributed by atoms with E-state index in [-0.39, 0.29) is 19.3 Å². The predicted molar refractivity (Wildman–Crippen MR) is 61.0 cm³/mol. The second-order valence-electron chi connectivity index (χ2n) is 5.38. The summed E-state index contributed by atoms with van der Waals surface area (Å²) in [7, 11) is 0. The van der Waals surface area contributed by atoms with Crippen LogP contribution in [0.2, 0.25) is 0 Å². The number of nitrogens with one attached hydrogen (secondary N) is 2. The van der Waals surface area contributed by atoms with Gasteiger partial charge in [0.05, 0.1) is 0 Å². The molecule has 1 amide bonds. The molecule has 1 unspecified atom stereocenters. The third kappa shape index (κ3) is 3.16. The van der Waals surface area contributed by atoms with E-state index in [0.717, 1.165) is 25.9 Å². The molecule has 1 atom stereocenters. The molecule has 0 aromatic rings. The van der Waals surface area contributed by atoms with Crippen molar-refractivity contribution < 1.29 is 18.0 Å². The van der Waals surface area contributed by atoms with Crippen LogP contribution >= 0.6 is 0 Å². The standard InChI is InChI=1S/C12H19F3N2O/c13-12(14,15)11(5-6-11)17-10(18)4-3-9-2-1-7-16-8-9/h9,16H,1-8H2,(H,17,18). The van der Waals surface area contributed by atoms with Crippen molar-refractivity contribution in [3.63, 3.8) is 0 Å². The molecular formula is C12H19F3N2O. The lowest BCUT2D eigenvalue weighted by atomic mass is 9.94. The lowest BCUT2D eigenvalue weighted by Crippen LogP contribution is -2.48. The summed E-state index contributed by atoms with van der Waals surface area (Å²) in [6.45, 7) is 1.87. The first-order valence-electron chi connectivity index (χ1n) is 6.51. The van der Waals surface area contributed by atoms with Crippen molar-refractivity contribution in [3.8, 4) is 0 Å². The quantitative estimate of drug-likeness (QED) is 0.815. The molecule has 0 aromatic carbocycles. The predicted octanol–water partition coefficient (Wildman–Crippen LogP) is 1.98. The fraction of sp³-hybridized carbons (Fsp3) is 0.917. The van der Waals surface area contributed by atoms with Crippen LogP contribution in [0.25, 0.3) is 0 Å². The molecule has 1 heterocycles. The van der Waals surface area contributed by atoms with Gasteiger partial charge in [-0.3, -0.25) is 4.79 Å². The van der Waals surface area contributed by atoms with Gasteiger partial charge in [0.25, 0.3) is 0 Å². The molecule has 3 nitrogen and oxygen atoms in total. The van der Waals surface area contributed by atoms with Crippen molar-refractivity contribution in [1.29, 1.82) is 0 Å². The summed E-state index contributed by atoms with van der Waals surface area (Å²) in [5.74, 6) is -0.0408. The fourth-order valence-electron chi connectivity index (χ4n) is 2.44. The van der Waals surface area contributed by atoms with E-state index >= 15 is 0 Å². The summed E-state index contributed by atoms with van der Waals surface area (Å²) in [4.78, 5) is 11.6. The van der Waals surface area contributed by atoms with Crippen LogP contribution in [0.5, 0.6) is 0 Å². The topological polar surface area (TPSA) is 41.1 Å². The highest BCUT2D eigenvalue weighted by molar-refractivity contribution is 5.77. The number of carbonyl (C=O) groups excluding carboxylic acids is 1. The summed E-state index contributed by atoms with van der Waals surface area (Å²) in [5.41, 5.74) is -1.91. The largest absolute Gasteiger partial charge is 0.411 e. The first-order valence-corrected chi connectivity index (χ1v) is 6.51. The highest BCUT2D eigenvalue weighted by Crippen LogP contribution is 2.48. The van der Waals surface area contributed by atoms with Crippen molar-refractivity contribution in [2.24, 2.45) is 5.92 Å². The normalized spacial score (nSPS) is 26.7. The van der Waals surface area contributed by atoms with Gasteiger partial charge in [0.1, 0.15) is 5.54 Å². The van der Waals surface area contributed by atoms with Crippen molar-refractivity contribution in [2.45, 2.75) is 50.2 Å². The van der Waals surface area contributed by atoms with E-state index in [4.69, 9.17) is 0 Å². The van der Waals surface area contributed by atoms with Gasteiger partial charge in [0, 0.05) is 6.42 Å². The van der Waals surface area contributed by atoms with Crippen LogP contribution in [0.3, 0.4) is 0 Å². The number of hydrogen-bond acceptors (Lipinski definition) is 2. The van der Waals surface area contributed by atoms with Crippen LogP contribution < -0.4 is 10.6 Å². The zero-order valence-corrected chi connectivity index (χ0v) is 10.3. The van der Waals surface area contributed by atoms with Crippen LogP contribution in [0.15, 0.2) is 0 Å². The minimum absolute atomic E-state index is 0.0211. The third-order valence-corrected chi connectivity index (χ3v) is 3.85. The number of halogens is 3. The number of hydrogen-bond donors (Lipinski definition) is 2. The molecule has 1 aliphatic heterocycles. The first kappa shape index (κ1) is 13.6. The van der Waals surface area contributed by atoms with Gasteiger partial charge in [-0.25, -0.2) is 0 Å². The van der Waals surface area contributed by atoms with Crippen LogP contribution in [0.1, 0.15) is 38.5 Å². The van der Waals surface area contributed by atoms with E-state index in [0.29, 0.717) is 12.3 Å². The van der Waals surface area contributed by atoms with Gasteiger partial charge < -0.3 is 10.6 Å². The van der Waals surface area contributed by atoms with Gasteiger partial charge >= 0.3 is 6.18 Å². The van der Waals surface area contributed by atoms with E-state index in [9.17, 15) is 18.0 Å². The van der Waals surface area contributed by atoms with Gasteiger partial charge in [-0.15, -0.1) is 0 Å². The van der Waals surface area contributed by atoms with Crippen LogP contribution in [0, 0.1) is 5.92 Å². The fourth-order valence-corrected chi connectivity index (χ4v) is 2.44. The molecule has 0 spiro atoms. The summed E-state index contributed by atoms with van der Waals surface area (Å²) >= 11 is 0. The first-order chi connectivity index (χ1) is 8.43. The molecular weight excluding hydrogens is 245 g/mol. The van der Waals surface area contributed by atoms with E-state index < -0.39 is 17.6 Å². The Morgan fingerprint density at radius 2 is 2.11 bits per heavy atom. The number of piperidine rings is 1. The third-order valence-electron chi connectivity index (χ3n) is 3.85. The Labute approximate surface area is 104 Å². The molecule has 0 radical (unpaired) electrons. The maximum Gasteiger partial charge on any atom is 0.411 e. The summed E-state index contributed by atoms with van der Waals surface area (Å²) in [6.07, 6.45) is -1.25. The molecule has 0 aromatic heterocycles. The smallest absolute Gasteiger partial charge is 0.342 e. The minimum Gasteiger partial charge on any atom is -0.342 e. The lowest BCUT2D eigenvalue weighted by molar-refractivity contribution is -0.170. The highest BCUT2D eigenvalue weighted by atomic mass is 19.4. The molecule has 1 saturated carbocycles. The highest BCUT2D eigenvalue weighted by Gasteiger charge is 2.64. The average Bonchev–Trinajstić information content (AvgIpc) is 3.08. The second-order valence-corrected chi connectivity index (χ2v) is 5.38. The molecule has 2 aliphatic rings. The number of carbonyl (C=O) groups is 1. The van der Waals surface area contributed by atoms with E-state index in [1.54, 1.807) is 0 Å². The monoisotopic (exact) mass is 264 g/mol. The van der Waals surface area contributed by atoms with Gasteiger partial charge in [-0.1, -0.05) is 0 Å². The minimum atomic E-state index is -4.31. The van der Waals surface area contributed by atoms with Crippen molar-refractivity contribution in [1.82, 2.24) is 10.6 Å². The number of alkyl halides is 3. The van der Waals surface area contributed by atoms with E-state index in [1.807, 2.05) is 0 Å². The van der Waals surface area contributed by atoms with Gasteiger partial charge in [0.2, 0.25) is 5.91 Å². The Bertz CT molecular complexity index is 307. The van der Waals surface area contributed by atoms with E-state index in [2.05, 4.69) is 10.6 Å². The lowest BCUT2D eigenvalue weighted by Gasteiger charge is -2.24. The summed E-state index contributed by atoms with van der Waals surface area (Å²) < 4.78 is 37.9. The molecule has 2 N–H and O–H groups in total. The van der Waals surface area contributed by atoms with Crippen molar-refractivity contribution >= 4 is 5.91 Å². The van der Waals surface area contributed by atoms with Crippen molar-refractivity contribution in [2.75, 3.05) is 13.1 Å². The molecule has 18 heavy (non-hydrogen) atoms. The van der Waals surface area contributed by atoms with Gasteiger partial charge in [-0.2, -0.15) is 13.2 Å². The maximum atomic E-state index is 12.6. The van der Waals surface area contributed by atoms with Crippen molar-refractivity contribution in [3.05, 3.63) is 0 Å². The number of amides is 1. The summed E-state index contributed by atoms with van der Waals surface area (Å²) in [6, 6.07) is 0. The van der Waals surface area contributed by atoms with Gasteiger partial charge in [-0.05, 0) is 51.1 Å². The van der Waals surface area contributed by atoms with Crippen LogP contribution in [-0.2, 0) is 4.79 Å². The molecule has 2 rings (SSSR count). The molecule has 104 valence electrons.